The molecule has 0 unspecified atom stereocenters. The van der Waals surface area contributed by atoms with Crippen LogP contribution in [0.5, 0.6) is 0 Å². The number of benzene rings is 6. The number of aromatic amines is 2. The smallest absolute Gasteiger partial charge is 0.200 e. The molecule has 0 atom stereocenters. The summed E-state index contributed by atoms with van der Waals surface area (Å²) in [6.45, 7) is 12.5. The number of H-pyrrole nitrogens is 2. The molecular formula is C60H50N6O6. The normalized spacial score (nSPS) is 10.8. The van der Waals surface area contributed by atoms with Crippen LogP contribution in [0.4, 0.5) is 0 Å². The molecule has 0 radical (unpaired) electrons. The Balaban J connectivity index is 0.000000146. The summed E-state index contributed by atoms with van der Waals surface area (Å²) >= 11 is 0. The molecule has 0 bridgehead atoms. The Kier molecular flexibility index (Phi) is 14.4. The summed E-state index contributed by atoms with van der Waals surface area (Å²) in [6, 6.07) is 38.1. The van der Waals surface area contributed by atoms with Crippen LogP contribution in [0.15, 0.2) is 167 Å². The van der Waals surface area contributed by atoms with Gasteiger partial charge in [0.05, 0.1) is 47.0 Å². The third kappa shape index (κ3) is 10.2. The number of fused-ring (bicyclic) bond motifs is 3. The van der Waals surface area contributed by atoms with Crippen molar-refractivity contribution in [1.82, 2.24) is 29.5 Å². The van der Waals surface area contributed by atoms with E-state index in [2.05, 4.69) is 26.3 Å². The summed E-state index contributed by atoms with van der Waals surface area (Å²) in [6.07, 6.45) is 11.7. The number of rotatable bonds is 9. The molecule has 356 valence electrons. The topological polar surface area (TPSA) is 170 Å². The van der Waals surface area contributed by atoms with Crippen molar-refractivity contribution in [3.8, 4) is 12.3 Å². The van der Waals surface area contributed by atoms with E-state index in [0.717, 1.165) is 49.9 Å². The van der Waals surface area contributed by atoms with E-state index in [1.165, 1.54) is 6.20 Å². The molecule has 72 heavy (non-hydrogen) atoms. The Morgan fingerprint density at radius 3 is 1.43 bits per heavy atom. The molecule has 10 aromatic rings. The third-order valence-electron chi connectivity index (χ3n) is 12.9. The van der Waals surface area contributed by atoms with Gasteiger partial charge in [-0.25, -0.2) is 0 Å². The minimum Gasteiger partial charge on any atom is -0.360 e. The molecule has 12 nitrogen and oxygen atoms in total. The quantitative estimate of drug-likeness (QED) is 0.106. The molecule has 4 heterocycles. The number of carbonyl (C=O) groups excluding carboxylic acids is 3. The number of carbonyl (C=O) groups is 3. The summed E-state index contributed by atoms with van der Waals surface area (Å²) in [5, 5.41) is 12.0. The van der Waals surface area contributed by atoms with Crippen LogP contribution < -0.4 is 16.3 Å². The first-order chi connectivity index (χ1) is 34.6. The van der Waals surface area contributed by atoms with Crippen molar-refractivity contribution in [3.63, 3.8) is 0 Å². The molecule has 0 saturated carbocycles. The molecule has 12 heteroatoms. The third-order valence-corrected chi connectivity index (χ3v) is 12.9. The maximum atomic E-state index is 13.1. The van der Waals surface area contributed by atoms with Gasteiger partial charge in [-0.2, -0.15) is 15.4 Å². The molecular weight excluding hydrogens is 901 g/mol. The van der Waals surface area contributed by atoms with Gasteiger partial charge in [0.2, 0.25) is 16.3 Å². The van der Waals surface area contributed by atoms with Gasteiger partial charge in [0.25, 0.3) is 0 Å². The van der Waals surface area contributed by atoms with E-state index in [-0.39, 0.29) is 50.3 Å². The SMILES string of the molecule is C#CCn1cc(C(=O)c2ccc(C)c(C)c2)c(=O)c2ccccc21.Cc1ccc(C(=O)c2c[nH]c3ccccc3c2=O)cc1C.Cc1ccc(C(=O)c2cn(Cc3cn[nH]n3)c3ccccc3c2=O)cc1C. The van der Waals surface area contributed by atoms with E-state index in [1.54, 1.807) is 77.8 Å². The first-order valence-corrected chi connectivity index (χ1v) is 23.1. The molecule has 4 aromatic heterocycles. The zero-order valence-electron chi connectivity index (χ0n) is 40.7. The number of hydrogen-bond acceptors (Lipinski definition) is 8. The molecule has 2 N–H and O–H groups in total. The standard InChI is InChI=1S/C21H18N4O2.C21H17NO2.C18H15NO2/c1-13-7-8-15(9-14(13)2)20(26)18-12-25(11-16-10-22-24-23-16)19-6-4-3-5-17(19)21(18)27;1-4-11-22-13-18(21(24)17-7-5-6-8-19(17)22)20(23)16-10-9-14(2)15(3)12-16;1-11-7-8-13(9-12(11)2)17(20)15-10-19-16-6-4-3-5-14(16)18(15)21/h3-10,12H,11H2,1-2H3,(H,22,23,24);1,5-10,12-13H,11H2,2-3H3;3-10H,1-2H3,(H,19,21). The maximum Gasteiger partial charge on any atom is 0.200 e. The Morgan fingerprint density at radius 2 is 0.958 bits per heavy atom. The van der Waals surface area contributed by atoms with Gasteiger partial charge in [-0.05, 0) is 130 Å². The van der Waals surface area contributed by atoms with Gasteiger partial charge in [0.1, 0.15) is 5.69 Å². The monoisotopic (exact) mass is 950 g/mol. The average Bonchev–Trinajstić information content (AvgIpc) is 3.91. The number of terminal acetylenes is 1. The summed E-state index contributed by atoms with van der Waals surface area (Å²) in [4.78, 5) is 79.7. The second-order valence-electron chi connectivity index (χ2n) is 17.7. The Morgan fingerprint density at radius 1 is 0.528 bits per heavy atom. The van der Waals surface area contributed by atoms with Gasteiger partial charge >= 0.3 is 0 Å². The van der Waals surface area contributed by atoms with E-state index in [1.807, 2.05) is 119 Å². The van der Waals surface area contributed by atoms with Gasteiger partial charge in [-0.1, -0.05) is 78.7 Å². The second kappa shape index (κ2) is 21.1. The lowest BCUT2D eigenvalue weighted by Crippen LogP contribution is -2.20. The van der Waals surface area contributed by atoms with Crippen molar-refractivity contribution in [2.75, 3.05) is 0 Å². The molecule has 6 aromatic carbocycles. The number of nitrogens with zero attached hydrogens (tertiary/aromatic N) is 4. The van der Waals surface area contributed by atoms with Gasteiger partial charge in [0.15, 0.2) is 17.3 Å². The first kappa shape index (κ1) is 49.1. The molecule has 0 fully saturated rings. The van der Waals surface area contributed by atoms with Crippen LogP contribution >= 0.6 is 0 Å². The number of aromatic nitrogens is 6. The van der Waals surface area contributed by atoms with Crippen molar-refractivity contribution in [1.29, 1.82) is 0 Å². The molecule has 0 aliphatic rings. The first-order valence-electron chi connectivity index (χ1n) is 23.1. The van der Waals surface area contributed by atoms with E-state index < -0.39 is 0 Å². The van der Waals surface area contributed by atoms with Gasteiger partial charge < -0.3 is 14.1 Å². The highest BCUT2D eigenvalue weighted by Crippen LogP contribution is 2.20. The van der Waals surface area contributed by atoms with Gasteiger partial charge in [-0.15, -0.1) is 6.42 Å². The number of ketones is 3. The predicted octanol–water partition coefficient (Wildman–Crippen LogP) is 9.87. The number of para-hydroxylation sites is 3. The fraction of sp³-hybridized carbons (Fsp3) is 0.133. The molecule has 0 amide bonds. The van der Waals surface area contributed by atoms with Gasteiger partial charge in [0, 0.05) is 57.0 Å². The van der Waals surface area contributed by atoms with Crippen LogP contribution in [0.3, 0.4) is 0 Å². The van der Waals surface area contributed by atoms with E-state index in [9.17, 15) is 28.8 Å². The van der Waals surface area contributed by atoms with Crippen LogP contribution in [0.1, 0.15) is 86.8 Å². The second-order valence-corrected chi connectivity index (χ2v) is 17.7. The Hall–Kier alpha value is -9.34. The summed E-state index contributed by atoms with van der Waals surface area (Å²) in [7, 11) is 0. The van der Waals surface area contributed by atoms with Crippen molar-refractivity contribution >= 4 is 50.1 Å². The number of nitrogens with one attached hydrogen (secondary N) is 2. The lowest BCUT2D eigenvalue weighted by atomic mass is 9.99. The van der Waals surface area contributed by atoms with Crippen LogP contribution in [0, 0.1) is 53.9 Å². The molecule has 10 rings (SSSR count). The summed E-state index contributed by atoms with van der Waals surface area (Å²) in [5.74, 6) is 1.77. The zero-order valence-corrected chi connectivity index (χ0v) is 40.7. The minimum absolute atomic E-state index is 0.146. The van der Waals surface area contributed by atoms with Crippen molar-refractivity contribution in [3.05, 3.63) is 255 Å². The van der Waals surface area contributed by atoms with Crippen LogP contribution in [0.2, 0.25) is 0 Å². The lowest BCUT2D eigenvalue weighted by Gasteiger charge is -2.12. The molecule has 0 spiro atoms. The molecule has 0 aliphatic carbocycles. The van der Waals surface area contributed by atoms with E-state index in [0.29, 0.717) is 51.6 Å². The summed E-state index contributed by atoms with van der Waals surface area (Å²) in [5.41, 5.74) is 10.6. The Bertz CT molecular complexity index is 3980. The van der Waals surface area contributed by atoms with Crippen molar-refractivity contribution in [2.24, 2.45) is 0 Å². The van der Waals surface area contributed by atoms with Crippen LogP contribution in [-0.4, -0.2) is 46.9 Å². The average molecular weight is 951 g/mol. The number of aryl methyl sites for hydroxylation is 6. The lowest BCUT2D eigenvalue weighted by molar-refractivity contribution is 0.102. The molecule has 0 aliphatic heterocycles. The Labute approximate surface area is 414 Å². The number of pyridine rings is 3. The van der Waals surface area contributed by atoms with Crippen molar-refractivity contribution in [2.45, 2.75) is 54.6 Å². The zero-order chi connectivity index (χ0) is 51.2. The van der Waals surface area contributed by atoms with Crippen molar-refractivity contribution < 1.29 is 14.4 Å². The van der Waals surface area contributed by atoms with E-state index in [4.69, 9.17) is 6.42 Å². The largest absolute Gasteiger partial charge is 0.360 e. The molecule has 0 saturated heterocycles. The van der Waals surface area contributed by atoms with Crippen LogP contribution in [0.25, 0.3) is 32.7 Å². The highest BCUT2D eigenvalue weighted by atomic mass is 16.2. The fourth-order valence-electron chi connectivity index (χ4n) is 8.30. The van der Waals surface area contributed by atoms with E-state index >= 15 is 0 Å². The fourth-order valence-corrected chi connectivity index (χ4v) is 8.30. The maximum absolute atomic E-state index is 13.1. The van der Waals surface area contributed by atoms with Gasteiger partial charge in [-0.3, -0.25) is 28.8 Å². The highest BCUT2D eigenvalue weighted by molar-refractivity contribution is 6.11. The highest BCUT2D eigenvalue weighted by Gasteiger charge is 2.20. The predicted molar refractivity (Wildman–Crippen MR) is 283 cm³/mol. The number of hydrogen-bond donors (Lipinski definition) is 2. The summed E-state index contributed by atoms with van der Waals surface area (Å²) < 4.78 is 3.63. The minimum atomic E-state index is -0.278. The van der Waals surface area contributed by atoms with Crippen LogP contribution in [-0.2, 0) is 13.1 Å².